The number of fused-ring (bicyclic) bond motifs is 2. The van der Waals surface area contributed by atoms with Gasteiger partial charge in [-0.15, -0.1) is 0 Å². The summed E-state index contributed by atoms with van der Waals surface area (Å²) in [4.78, 5) is 7.26. The normalized spacial score (nSPS) is 38.6. The molecule has 0 amide bonds. The first-order valence-electron chi connectivity index (χ1n) is 7.35. The zero-order valence-electron chi connectivity index (χ0n) is 11.0. The summed E-state index contributed by atoms with van der Waals surface area (Å²) >= 11 is 0. The molecular weight excluding hydrogens is 210 g/mol. The third-order valence-corrected chi connectivity index (χ3v) is 4.83. The minimum Gasteiger partial charge on any atom is -0.371 e. The van der Waals surface area contributed by atoms with Crippen LogP contribution >= 0.6 is 0 Å². The standard InChI is InChI=1S/C14H25N3/c1-17-12-5-4-6-13(17)10-11(9-12)16-14-7-2-3-8-15-14/h11-13H,2-10H2,1H3,(H,15,16). The number of hydrogen-bond donors (Lipinski definition) is 1. The number of hydrogen-bond acceptors (Lipinski definition) is 3. The third-order valence-electron chi connectivity index (χ3n) is 4.83. The fourth-order valence-electron chi connectivity index (χ4n) is 3.78. The molecule has 0 radical (unpaired) electrons. The van der Waals surface area contributed by atoms with Gasteiger partial charge in [0.2, 0.25) is 0 Å². The molecule has 0 aromatic heterocycles. The van der Waals surface area contributed by atoms with Crippen LogP contribution in [0.25, 0.3) is 0 Å². The van der Waals surface area contributed by atoms with E-state index >= 15 is 0 Å². The first-order chi connectivity index (χ1) is 8.33. The molecule has 1 N–H and O–H groups in total. The Hall–Kier alpha value is -0.570. The highest BCUT2D eigenvalue weighted by molar-refractivity contribution is 5.82. The number of nitrogens with one attached hydrogen (secondary N) is 1. The summed E-state index contributed by atoms with van der Waals surface area (Å²) < 4.78 is 0. The summed E-state index contributed by atoms with van der Waals surface area (Å²) in [5, 5.41) is 3.73. The van der Waals surface area contributed by atoms with E-state index in [0.717, 1.165) is 18.6 Å². The molecule has 3 nitrogen and oxygen atoms in total. The fraction of sp³-hybridized carbons (Fsp3) is 0.929. The number of rotatable bonds is 1. The van der Waals surface area contributed by atoms with Crippen molar-refractivity contribution >= 4 is 5.84 Å². The predicted molar refractivity (Wildman–Crippen MR) is 71.5 cm³/mol. The van der Waals surface area contributed by atoms with Gasteiger partial charge in [-0.1, -0.05) is 6.42 Å². The Morgan fingerprint density at radius 3 is 2.53 bits per heavy atom. The Kier molecular flexibility index (Phi) is 3.37. The molecule has 0 spiro atoms. The molecule has 0 saturated carbocycles. The summed E-state index contributed by atoms with van der Waals surface area (Å²) in [6.45, 7) is 1.04. The van der Waals surface area contributed by atoms with Crippen molar-refractivity contribution in [1.82, 2.24) is 10.2 Å². The number of amidine groups is 1. The molecule has 3 heterocycles. The van der Waals surface area contributed by atoms with E-state index in [1.54, 1.807) is 0 Å². The van der Waals surface area contributed by atoms with Gasteiger partial charge in [-0.3, -0.25) is 4.99 Å². The highest BCUT2D eigenvalue weighted by Gasteiger charge is 2.36. The minimum atomic E-state index is 0.693. The molecule has 3 rings (SSSR count). The van der Waals surface area contributed by atoms with Crippen molar-refractivity contribution in [2.24, 2.45) is 4.99 Å². The van der Waals surface area contributed by atoms with Crippen molar-refractivity contribution in [3.05, 3.63) is 0 Å². The first kappa shape index (κ1) is 11.5. The van der Waals surface area contributed by atoms with E-state index in [4.69, 9.17) is 0 Å². The minimum absolute atomic E-state index is 0.693. The number of nitrogens with zero attached hydrogens (tertiary/aromatic N) is 2. The monoisotopic (exact) mass is 235 g/mol. The molecule has 0 aromatic carbocycles. The Bertz CT molecular complexity index is 286. The van der Waals surface area contributed by atoms with Gasteiger partial charge in [0.15, 0.2) is 0 Å². The lowest BCUT2D eigenvalue weighted by atomic mass is 9.82. The summed E-state index contributed by atoms with van der Waals surface area (Å²) in [7, 11) is 2.32. The van der Waals surface area contributed by atoms with Gasteiger partial charge in [-0.2, -0.15) is 0 Å². The van der Waals surface area contributed by atoms with Gasteiger partial charge in [-0.25, -0.2) is 0 Å². The highest BCUT2D eigenvalue weighted by Crippen LogP contribution is 2.32. The van der Waals surface area contributed by atoms with Crippen LogP contribution in [-0.2, 0) is 0 Å². The van der Waals surface area contributed by atoms with E-state index in [0.29, 0.717) is 6.04 Å². The lowest BCUT2D eigenvalue weighted by Crippen LogP contribution is -2.55. The van der Waals surface area contributed by atoms with Crippen LogP contribution in [0.1, 0.15) is 51.4 Å². The lowest BCUT2D eigenvalue weighted by Gasteiger charge is -2.47. The molecule has 0 aliphatic carbocycles. The van der Waals surface area contributed by atoms with Crippen molar-refractivity contribution in [2.45, 2.75) is 69.5 Å². The van der Waals surface area contributed by atoms with Crippen molar-refractivity contribution in [2.75, 3.05) is 13.6 Å². The molecule has 96 valence electrons. The predicted octanol–water partition coefficient (Wildman–Crippen LogP) is 2.17. The van der Waals surface area contributed by atoms with Crippen molar-refractivity contribution in [1.29, 1.82) is 0 Å². The average molecular weight is 235 g/mol. The van der Waals surface area contributed by atoms with E-state index in [2.05, 4.69) is 22.3 Å². The van der Waals surface area contributed by atoms with Crippen LogP contribution in [0.2, 0.25) is 0 Å². The van der Waals surface area contributed by atoms with Crippen molar-refractivity contribution in [3.8, 4) is 0 Å². The zero-order chi connectivity index (χ0) is 11.7. The summed E-state index contributed by atoms with van der Waals surface area (Å²) in [5.74, 6) is 1.30. The van der Waals surface area contributed by atoms with Gasteiger partial charge in [0.25, 0.3) is 0 Å². The van der Waals surface area contributed by atoms with Crippen molar-refractivity contribution < 1.29 is 0 Å². The molecule has 0 aromatic rings. The third kappa shape index (κ3) is 2.49. The second-order valence-corrected chi connectivity index (χ2v) is 6.00. The van der Waals surface area contributed by atoms with Gasteiger partial charge in [0, 0.05) is 31.1 Å². The maximum Gasteiger partial charge on any atom is 0.0965 e. The van der Waals surface area contributed by atoms with Crippen LogP contribution in [0.15, 0.2) is 4.99 Å². The molecule has 3 aliphatic rings. The Labute approximate surface area is 105 Å². The molecule has 2 bridgehead atoms. The van der Waals surface area contributed by atoms with Gasteiger partial charge < -0.3 is 10.2 Å². The molecule has 2 unspecified atom stereocenters. The number of aliphatic imine (C=N–C) groups is 1. The zero-order valence-corrected chi connectivity index (χ0v) is 11.0. The second-order valence-electron chi connectivity index (χ2n) is 6.00. The SMILES string of the molecule is CN1C2CCCC1CC(NC1=NCCCC1)C2. The van der Waals surface area contributed by atoms with Gasteiger partial charge in [0.1, 0.15) is 0 Å². The molecule has 2 atom stereocenters. The molecule has 3 aliphatic heterocycles. The van der Waals surface area contributed by atoms with E-state index in [1.807, 2.05) is 0 Å². The summed E-state index contributed by atoms with van der Waals surface area (Å²) in [6, 6.07) is 2.34. The van der Waals surface area contributed by atoms with E-state index < -0.39 is 0 Å². The second kappa shape index (κ2) is 4.97. The Morgan fingerprint density at radius 2 is 1.88 bits per heavy atom. The quantitative estimate of drug-likeness (QED) is 0.754. The van der Waals surface area contributed by atoms with Crippen LogP contribution < -0.4 is 5.32 Å². The van der Waals surface area contributed by atoms with Crippen LogP contribution in [0.4, 0.5) is 0 Å². The van der Waals surface area contributed by atoms with Crippen LogP contribution in [0.5, 0.6) is 0 Å². The van der Waals surface area contributed by atoms with Crippen LogP contribution in [-0.4, -0.2) is 42.5 Å². The average Bonchev–Trinajstić information content (AvgIpc) is 2.32. The highest BCUT2D eigenvalue weighted by atomic mass is 15.2. The van der Waals surface area contributed by atoms with E-state index in [-0.39, 0.29) is 0 Å². The Balaban J connectivity index is 1.60. The van der Waals surface area contributed by atoms with Crippen molar-refractivity contribution in [3.63, 3.8) is 0 Å². The maximum atomic E-state index is 4.63. The lowest BCUT2D eigenvalue weighted by molar-refractivity contribution is 0.0527. The molecule has 3 heteroatoms. The van der Waals surface area contributed by atoms with E-state index in [9.17, 15) is 0 Å². The fourth-order valence-corrected chi connectivity index (χ4v) is 3.78. The summed E-state index contributed by atoms with van der Waals surface area (Å²) in [5.41, 5.74) is 0. The largest absolute Gasteiger partial charge is 0.371 e. The number of piperidine rings is 2. The topological polar surface area (TPSA) is 27.6 Å². The van der Waals surface area contributed by atoms with Gasteiger partial charge in [-0.05, 0) is 45.6 Å². The first-order valence-corrected chi connectivity index (χ1v) is 7.35. The molecular formula is C14H25N3. The van der Waals surface area contributed by atoms with Gasteiger partial charge >= 0.3 is 0 Å². The molecule has 2 fully saturated rings. The molecule has 2 saturated heterocycles. The van der Waals surface area contributed by atoms with Gasteiger partial charge in [0.05, 0.1) is 5.84 Å². The van der Waals surface area contributed by atoms with Crippen LogP contribution in [0.3, 0.4) is 0 Å². The Morgan fingerprint density at radius 1 is 1.12 bits per heavy atom. The summed E-state index contributed by atoms with van der Waals surface area (Å²) in [6.07, 6.45) is 10.7. The van der Waals surface area contributed by atoms with E-state index in [1.165, 1.54) is 57.2 Å². The van der Waals surface area contributed by atoms with Crippen LogP contribution in [0, 0.1) is 0 Å². The smallest absolute Gasteiger partial charge is 0.0965 e. The maximum absolute atomic E-state index is 4.63. The molecule has 17 heavy (non-hydrogen) atoms.